The molecule has 0 heterocycles. The maximum Gasteiger partial charge on any atom is 0.336 e. The van der Waals surface area contributed by atoms with Crippen LogP contribution in [0.2, 0.25) is 0 Å². The van der Waals surface area contributed by atoms with Crippen LogP contribution in [-0.4, -0.2) is 39.6 Å². The second kappa shape index (κ2) is 9.73. The largest absolute Gasteiger partial charge is 0.478 e. The minimum absolute atomic E-state index is 0.0235. The molecule has 3 rings (SSSR count). The van der Waals surface area contributed by atoms with Gasteiger partial charge >= 0.3 is 11.9 Å². The predicted octanol–water partition coefficient (Wildman–Crippen LogP) is 4.31. The second-order valence-corrected chi connectivity index (χ2v) is 7.48. The normalized spacial score (nSPS) is 10.3. The van der Waals surface area contributed by atoms with Crippen LogP contribution in [0.25, 0.3) is 0 Å². The number of carbonyl (C=O) groups excluding carboxylic acids is 2. The van der Waals surface area contributed by atoms with Gasteiger partial charge in [-0.15, -0.1) is 11.8 Å². The summed E-state index contributed by atoms with van der Waals surface area (Å²) in [5.41, 5.74) is 0.243. The number of carbonyl (C=O) groups is 4. The van der Waals surface area contributed by atoms with Gasteiger partial charge in [0.05, 0.1) is 22.4 Å². The number of hydrogen-bond acceptors (Lipinski definition) is 5. The predicted molar refractivity (Wildman–Crippen MR) is 116 cm³/mol. The molecular formula is C23H17NO6S. The fourth-order valence-electron chi connectivity index (χ4n) is 2.77. The van der Waals surface area contributed by atoms with Gasteiger partial charge in [-0.3, -0.25) is 9.59 Å². The lowest BCUT2D eigenvalue weighted by Gasteiger charge is -2.10. The SMILES string of the molecule is O=C(O)c1ccc(C(=O)Nc2cccc(SCC(=O)c3ccccc3)c2)c(C(=O)O)c1. The van der Waals surface area contributed by atoms with Gasteiger partial charge in [-0.05, 0) is 36.4 Å². The zero-order chi connectivity index (χ0) is 22.4. The molecule has 0 aliphatic heterocycles. The molecule has 0 fully saturated rings. The fourth-order valence-corrected chi connectivity index (χ4v) is 3.62. The van der Waals surface area contributed by atoms with Crippen molar-refractivity contribution in [3.05, 3.63) is 95.1 Å². The molecule has 8 heteroatoms. The summed E-state index contributed by atoms with van der Waals surface area (Å²) in [5, 5.41) is 21.0. The van der Waals surface area contributed by atoms with Gasteiger partial charge in [-0.2, -0.15) is 0 Å². The first-order valence-electron chi connectivity index (χ1n) is 9.08. The van der Waals surface area contributed by atoms with E-state index in [1.165, 1.54) is 23.9 Å². The summed E-state index contributed by atoms with van der Waals surface area (Å²) in [4.78, 5) is 48.1. The highest BCUT2D eigenvalue weighted by Gasteiger charge is 2.19. The number of rotatable bonds is 8. The summed E-state index contributed by atoms with van der Waals surface area (Å²) >= 11 is 1.31. The Morgan fingerprint density at radius 1 is 0.742 bits per heavy atom. The van der Waals surface area contributed by atoms with E-state index in [0.717, 1.165) is 11.0 Å². The molecule has 0 saturated heterocycles. The molecular weight excluding hydrogens is 418 g/mol. The summed E-state index contributed by atoms with van der Waals surface area (Å²) in [7, 11) is 0. The van der Waals surface area contributed by atoms with Gasteiger partial charge in [0.25, 0.3) is 5.91 Å². The number of Topliss-reactive ketones (excluding diaryl/α,β-unsaturated/α-hetero) is 1. The summed E-state index contributed by atoms with van der Waals surface area (Å²) < 4.78 is 0. The summed E-state index contributed by atoms with van der Waals surface area (Å²) in [6, 6.07) is 19.0. The Balaban J connectivity index is 1.72. The van der Waals surface area contributed by atoms with Crippen molar-refractivity contribution in [3.63, 3.8) is 0 Å². The number of anilines is 1. The van der Waals surface area contributed by atoms with Crippen molar-refractivity contribution in [2.45, 2.75) is 4.90 Å². The van der Waals surface area contributed by atoms with Crippen molar-refractivity contribution in [2.75, 3.05) is 11.1 Å². The van der Waals surface area contributed by atoms with Crippen molar-refractivity contribution in [1.82, 2.24) is 0 Å². The van der Waals surface area contributed by atoms with E-state index in [1.54, 1.807) is 48.5 Å². The molecule has 0 aromatic heterocycles. The van der Waals surface area contributed by atoms with Gasteiger partial charge < -0.3 is 15.5 Å². The van der Waals surface area contributed by atoms with Crippen LogP contribution < -0.4 is 5.32 Å². The topological polar surface area (TPSA) is 121 Å². The van der Waals surface area contributed by atoms with E-state index in [9.17, 15) is 24.3 Å². The van der Waals surface area contributed by atoms with Gasteiger partial charge in [0.15, 0.2) is 5.78 Å². The molecule has 3 aromatic carbocycles. The highest BCUT2D eigenvalue weighted by molar-refractivity contribution is 8.00. The van der Waals surface area contributed by atoms with Crippen molar-refractivity contribution in [1.29, 1.82) is 0 Å². The molecule has 3 aromatic rings. The van der Waals surface area contributed by atoms with Crippen LogP contribution in [0.15, 0.2) is 77.7 Å². The highest BCUT2D eigenvalue weighted by Crippen LogP contribution is 2.23. The van der Waals surface area contributed by atoms with Gasteiger partial charge in [-0.25, -0.2) is 9.59 Å². The number of amides is 1. The van der Waals surface area contributed by atoms with Gasteiger partial charge in [0.1, 0.15) is 0 Å². The molecule has 3 N–H and O–H groups in total. The summed E-state index contributed by atoms with van der Waals surface area (Å²) in [5.74, 6) is -3.18. The fraction of sp³-hybridized carbons (Fsp3) is 0.0435. The van der Waals surface area contributed by atoms with E-state index in [4.69, 9.17) is 5.11 Å². The zero-order valence-electron chi connectivity index (χ0n) is 16.1. The van der Waals surface area contributed by atoms with Crippen LogP contribution in [0.3, 0.4) is 0 Å². The van der Waals surface area contributed by atoms with Crippen molar-refractivity contribution in [3.8, 4) is 0 Å². The number of aromatic carboxylic acids is 2. The van der Waals surface area contributed by atoms with Crippen LogP contribution in [0.1, 0.15) is 41.4 Å². The average molecular weight is 435 g/mol. The maximum atomic E-state index is 12.6. The zero-order valence-corrected chi connectivity index (χ0v) is 16.9. The van der Waals surface area contributed by atoms with Gasteiger partial charge in [0, 0.05) is 16.1 Å². The third kappa shape index (κ3) is 5.58. The Bertz CT molecular complexity index is 1160. The number of hydrogen-bond donors (Lipinski definition) is 3. The number of carboxylic acid groups (broad SMARTS) is 2. The van der Waals surface area contributed by atoms with E-state index in [0.29, 0.717) is 11.3 Å². The Kier molecular flexibility index (Phi) is 6.84. The lowest BCUT2D eigenvalue weighted by molar-refractivity contribution is 0.0692. The van der Waals surface area contributed by atoms with Crippen molar-refractivity contribution in [2.24, 2.45) is 0 Å². The molecule has 1 amide bonds. The smallest absolute Gasteiger partial charge is 0.336 e. The molecule has 0 aliphatic carbocycles. The standard InChI is InChI=1S/C23H17NO6S/c25-20(14-5-2-1-3-6-14)13-31-17-8-4-7-16(12-17)24-21(26)18-10-9-15(22(27)28)11-19(18)23(29)30/h1-12H,13H2,(H,24,26)(H,27,28)(H,29,30). The highest BCUT2D eigenvalue weighted by atomic mass is 32.2. The number of benzene rings is 3. The van der Waals surface area contributed by atoms with Gasteiger partial charge in [-0.1, -0.05) is 36.4 Å². The average Bonchev–Trinajstić information content (AvgIpc) is 2.77. The van der Waals surface area contributed by atoms with Crippen LogP contribution in [0.4, 0.5) is 5.69 Å². The molecule has 0 saturated carbocycles. The van der Waals surface area contributed by atoms with E-state index in [2.05, 4.69) is 5.32 Å². The molecule has 0 bridgehead atoms. The number of carboxylic acids is 2. The maximum absolute atomic E-state index is 12.6. The van der Waals surface area contributed by atoms with Crippen LogP contribution in [0.5, 0.6) is 0 Å². The molecule has 156 valence electrons. The third-order valence-electron chi connectivity index (χ3n) is 4.30. The molecule has 0 atom stereocenters. The quantitative estimate of drug-likeness (QED) is 0.356. The Hall–Kier alpha value is -3.91. The van der Waals surface area contributed by atoms with E-state index < -0.39 is 23.4 Å². The van der Waals surface area contributed by atoms with E-state index in [-0.39, 0.29) is 22.7 Å². The number of ketones is 1. The Morgan fingerprint density at radius 2 is 1.48 bits per heavy atom. The van der Waals surface area contributed by atoms with Crippen LogP contribution in [0, 0.1) is 0 Å². The molecule has 0 radical (unpaired) electrons. The van der Waals surface area contributed by atoms with Crippen LogP contribution in [-0.2, 0) is 0 Å². The Labute approximate surface area is 181 Å². The molecule has 7 nitrogen and oxygen atoms in total. The minimum atomic E-state index is -1.41. The third-order valence-corrected chi connectivity index (χ3v) is 5.29. The van der Waals surface area contributed by atoms with Crippen molar-refractivity contribution >= 4 is 41.1 Å². The summed E-state index contributed by atoms with van der Waals surface area (Å²) in [6.07, 6.45) is 0. The molecule has 31 heavy (non-hydrogen) atoms. The van der Waals surface area contributed by atoms with Crippen LogP contribution >= 0.6 is 11.8 Å². The van der Waals surface area contributed by atoms with E-state index in [1.807, 2.05) is 6.07 Å². The van der Waals surface area contributed by atoms with Gasteiger partial charge in [0.2, 0.25) is 0 Å². The molecule has 0 aliphatic rings. The van der Waals surface area contributed by atoms with E-state index >= 15 is 0 Å². The lowest BCUT2D eigenvalue weighted by Crippen LogP contribution is -2.17. The first-order chi connectivity index (χ1) is 14.8. The van der Waals surface area contributed by atoms with Crippen molar-refractivity contribution < 1.29 is 29.4 Å². The minimum Gasteiger partial charge on any atom is -0.478 e. The Morgan fingerprint density at radius 3 is 2.16 bits per heavy atom. The summed E-state index contributed by atoms with van der Waals surface area (Å²) in [6.45, 7) is 0. The monoisotopic (exact) mass is 435 g/mol. The number of nitrogens with one attached hydrogen (secondary N) is 1. The molecule has 0 unspecified atom stereocenters. The second-order valence-electron chi connectivity index (χ2n) is 6.43. The first-order valence-corrected chi connectivity index (χ1v) is 10.1. The lowest BCUT2D eigenvalue weighted by atomic mass is 10.0. The molecule has 0 spiro atoms. The first kappa shape index (κ1) is 21.8. The number of thioether (sulfide) groups is 1.